The smallest absolute Gasteiger partial charge is 0.252 e. The summed E-state index contributed by atoms with van der Waals surface area (Å²) in [6.07, 6.45) is 3.34. The summed E-state index contributed by atoms with van der Waals surface area (Å²) in [4.78, 5) is 21.1. The molecule has 0 fully saturated rings. The fourth-order valence-electron chi connectivity index (χ4n) is 3.65. The van der Waals surface area contributed by atoms with Crippen LogP contribution < -0.4 is 5.32 Å². The normalized spacial score (nSPS) is 16.5. The first kappa shape index (κ1) is 16.9. The van der Waals surface area contributed by atoms with E-state index in [2.05, 4.69) is 50.7 Å². The molecular weight excluding hydrogens is 370 g/mol. The van der Waals surface area contributed by atoms with E-state index in [0.29, 0.717) is 17.5 Å². The number of carbonyl (C=O) groups is 1. The zero-order valence-electron chi connectivity index (χ0n) is 15.2. The Bertz CT molecular complexity index is 1180. The average molecular weight is 387 g/mol. The van der Waals surface area contributed by atoms with E-state index in [1.54, 1.807) is 34.9 Å². The lowest BCUT2D eigenvalue weighted by atomic mass is 9.98. The molecule has 1 aliphatic rings. The average Bonchev–Trinajstić information content (AvgIpc) is 2.94. The van der Waals surface area contributed by atoms with Gasteiger partial charge in [0.15, 0.2) is 0 Å². The summed E-state index contributed by atoms with van der Waals surface area (Å²) in [5, 5.41) is 10.0. The number of aromatic nitrogens is 4. The van der Waals surface area contributed by atoms with Crippen LogP contribution in [0.25, 0.3) is 16.7 Å². The van der Waals surface area contributed by atoms with E-state index in [9.17, 15) is 4.79 Å². The Morgan fingerprint density at radius 1 is 1.07 bits per heavy atom. The van der Waals surface area contributed by atoms with Gasteiger partial charge in [0.25, 0.3) is 5.95 Å². The number of hydrogen-bond donors (Lipinski definition) is 1. The number of rotatable bonds is 2. The van der Waals surface area contributed by atoms with Gasteiger partial charge in [0.2, 0.25) is 5.91 Å². The van der Waals surface area contributed by atoms with Gasteiger partial charge >= 0.3 is 0 Å². The van der Waals surface area contributed by atoms with E-state index in [0.717, 1.165) is 11.3 Å². The van der Waals surface area contributed by atoms with Crippen LogP contribution in [-0.4, -0.2) is 31.4 Å². The molecule has 2 aromatic heterocycles. The zero-order valence-corrected chi connectivity index (χ0v) is 16.0. The molecule has 5 rings (SSSR count). The molecule has 2 aromatic carbocycles. The first-order chi connectivity index (χ1) is 13.7. The maximum Gasteiger partial charge on any atom is 0.252 e. The summed E-state index contributed by atoms with van der Waals surface area (Å²) < 4.78 is 1.63. The van der Waals surface area contributed by atoms with Crippen molar-refractivity contribution >= 4 is 34.3 Å². The number of fused-ring (bicyclic) bond motifs is 2. The van der Waals surface area contributed by atoms with Gasteiger partial charge in [-0.15, -0.1) is 11.8 Å². The lowest BCUT2D eigenvalue weighted by molar-refractivity contribution is -0.113. The molecule has 1 N–H and O–H groups in total. The van der Waals surface area contributed by atoms with Crippen LogP contribution in [0.5, 0.6) is 0 Å². The molecule has 138 valence electrons. The molecule has 1 amide bonds. The fraction of sp³-hybridized carbons (Fsp3) is 0.143. The van der Waals surface area contributed by atoms with Crippen molar-refractivity contribution in [1.82, 2.24) is 19.7 Å². The van der Waals surface area contributed by atoms with Gasteiger partial charge in [-0.05, 0) is 29.3 Å². The van der Waals surface area contributed by atoms with Gasteiger partial charge in [0.1, 0.15) is 5.82 Å². The lowest BCUT2D eigenvalue weighted by Crippen LogP contribution is -2.16. The molecular formula is C21H17N5OS. The number of hydrogen-bond acceptors (Lipinski definition) is 5. The molecule has 6 nitrogen and oxygen atoms in total. The van der Waals surface area contributed by atoms with Crippen molar-refractivity contribution in [3.63, 3.8) is 0 Å². The molecule has 3 heterocycles. The number of nitrogens with zero attached hydrogens (tertiary/aromatic N) is 4. The molecule has 28 heavy (non-hydrogen) atoms. The molecule has 1 atom stereocenters. The van der Waals surface area contributed by atoms with Crippen LogP contribution in [0.15, 0.2) is 60.9 Å². The number of anilines is 1. The number of thioether (sulfide) groups is 1. The minimum absolute atomic E-state index is 0.0162. The third kappa shape index (κ3) is 2.75. The van der Waals surface area contributed by atoms with E-state index in [1.807, 2.05) is 19.1 Å². The van der Waals surface area contributed by atoms with Gasteiger partial charge < -0.3 is 5.32 Å². The molecule has 0 spiro atoms. The zero-order chi connectivity index (χ0) is 19.1. The minimum atomic E-state index is -0.0499. The third-order valence-electron chi connectivity index (χ3n) is 4.86. The fourth-order valence-corrected chi connectivity index (χ4v) is 4.88. The monoisotopic (exact) mass is 387 g/mol. The second kappa shape index (κ2) is 6.76. The maximum absolute atomic E-state index is 12.5. The summed E-state index contributed by atoms with van der Waals surface area (Å²) >= 11 is 1.62. The van der Waals surface area contributed by atoms with Crippen molar-refractivity contribution in [3.8, 4) is 5.95 Å². The second-order valence-corrected chi connectivity index (χ2v) is 7.71. The Balaban J connectivity index is 1.75. The highest BCUT2D eigenvalue weighted by Gasteiger charge is 2.31. The number of carbonyl (C=O) groups excluding carboxylic acids is 1. The predicted molar refractivity (Wildman–Crippen MR) is 111 cm³/mol. The van der Waals surface area contributed by atoms with Gasteiger partial charge in [-0.1, -0.05) is 42.5 Å². The van der Waals surface area contributed by atoms with Crippen molar-refractivity contribution in [2.75, 3.05) is 11.1 Å². The third-order valence-corrected chi connectivity index (χ3v) is 6.11. The number of benzene rings is 2. The summed E-state index contributed by atoms with van der Waals surface area (Å²) in [7, 11) is 0. The standard InChI is InChI=1S/C21H17N5OS/c1-13-18-19(16-9-4-7-14-6-2-3-8-15(14)16)28-12-17(27)24-20(18)26(25-13)21-22-10-5-11-23-21/h2-11,19H,12H2,1H3,(H,24,27). The van der Waals surface area contributed by atoms with Crippen LogP contribution in [0, 0.1) is 6.92 Å². The van der Waals surface area contributed by atoms with Crippen LogP contribution >= 0.6 is 11.8 Å². The quantitative estimate of drug-likeness (QED) is 0.565. The van der Waals surface area contributed by atoms with Crippen molar-refractivity contribution in [2.45, 2.75) is 12.2 Å². The van der Waals surface area contributed by atoms with E-state index >= 15 is 0 Å². The van der Waals surface area contributed by atoms with Crippen LogP contribution in [0.3, 0.4) is 0 Å². The number of aryl methyl sites for hydroxylation is 1. The molecule has 1 aliphatic heterocycles. The van der Waals surface area contributed by atoms with Crippen LogP contribution in [0.4, 0.5) is 5.82 Å². The van der Waals surface area contributed by atoms with Crippen LogP contribution in [0.1, 0.15) is 22.1 Å². The van der Waals surface area contributed by atoms with Crippen LogP contribution in [0.2, 0.25) is 0 Å². The van der Waals surface area contributed by atoms with Crippen molar-refractivity contribution in [3.05, 3.63) is 77.7 Å². The predicted octanol–water partition coefficient (Wildman–Crippen LogP) is 3.90. The van der Waals surface area contributed by atoms with E-state index < -0.39 is 0 Å². The van der Waals surface area contributed by atoms with E-state index in [-0.39, 0.29) is 11.2 Å². The summed E-state index contributed by atoms with van der Waals surface area (Å²) in [5.74, 6) is 1.41. The SMILES string of the molecule is Cc1nn(-c2ncccn2)c2c1C(c1cccc3ccccc13)SCC(=O)N2. The molecule has 0 radical (unpaired) electrons. The minimum Gasteiger partial charge on any atom is -0.309 e. The highest BCUT2D eigenvalue weighted by Crippen LogP contribution is 2.45. The van der Waals surface area contributed by atoms with Crippen molar-refractivity contribution < 1.29 is 4.79 Å². The van der Waals surface area contributed by atoms with Gasteiger partial charge in [0.05, 0.1) is 16.7 Å². The summed E-state index contributed by atoms with van der Waals surface area (Å²) in [6.45, 7) is 1.97. The highest BCUT2D eigenvalue weighted by molar-refractivity contribution is 8.00. The number of nitrogens with one attached hydrogen (secondary N) is 1. The van der Waals surface area contributed by atoms with Crippen LogP contribution in [-0.2, 0) is 4.79 Å². The second-order valence-electron chi connectivity index (χ2n) is 6.62. The largest absolute Gasteiger partial charge is 0.309 e. The van der Waals surface area contributed by atoms with Crippen molar-refractivity contribution in [2.24, 2.45) is 0 Å². The molecule has 7 heteroatoms. The maximum atomic E-state index is 12.5. The van der Waals surface area contributed by atoms with Gasteiger partial charge in [-0.2, -0.15) is 9.78 Å². The van der Waals surface area contributed by atoms with Gasteiger partial charge in [-0.3, -0.25) is 4.79 Å². The molecule has 0 saturated heterocycles. The Labute approximate surface area is 166 Å². The Kier molecular flexibility index (Phi) is 4.09. The molecule has 4 aromatic rings. The molecule has 0 aliphatic carbocycles. The summed E-state index contributed by atoms with van der Waals surface area (Å²) in [5.41, 5.74) is 3.03. The molecule has 1 unspecified atom stereocenters. The Hall–Kier alpha value is -3.19. The molecule has 0 bridgehead atoms. The Morgan fingerprint density at radius 3 is 2.71 bits per heavy atom. The number of amides is 1. The highest BCUT2D eigenvalue weighted by atomic mass is 32.2. The van der Waals surface area contributed by atoms with E-state index in [4.69, 9.17) is 0 Å². The Morgan fingerprint density at radius 2 is 1.86 bits per heavy atom. The van der Waals surface area contributed by atoms with Gasteiger partial charge in [-0.25, -0.2) is 9.97 Å². The molecule has 0 saturated carbocycles. The van der Waals surface area contributed by atoms with E-state index in [1.165, 1.54) is 16.3 Å². The lowest BCUT2D eigenvalue weighted by Gasteiger charge is -2.17. The first-order valence-electron chi connectivity index (χ1n) is 8.98. The van der Waals surface area contributed by atoms with Crippen molar-refractivity contribution in [1.29, 1.82) is 0 Å². The van der Waals surface area contributed by atoms with Gasteiger partial charge in [0, 0.05) is 18.0 Å². The topological polar surface area (TPSA) is 72.7 Å². The first-order valence-corrected chi connectivity index (χ1v) is 10.0. The summed E-state index contributed by atoms with van der Waals surface area (Å²) in [6, 6.07) is 16.4.